The summed E-state index contributed by atoms with van der Waals surface area (Å²) < 4.78 is 4.91. The number of fused-ring (bicyclic) bond motifs is 10. The molecule has 474 valence electrons. The van der Waals surface area contributed by atoms with Crippen LogP contribution >= 0.6 is 0 Å². The van der Waals surface area contributed by atoms with Gasteiger partial charge in [0.05, 0.1) is 56.7 Å². The van der Waals surface area contributed by atoms with Crippen LogP contribution in [-0.4, -0.2) is 15.8 Å². The zero-order valence-corrected chi connectivity index (χ0v) is 57.3. The number of para-hydroxylation sites is 6. The fraction of sp³-hybridized carbons (Fsp3) is 0.130. The SMILES string of the molecule is CC(C)(C)c1cccc(-c2cccc(-c3cccc(C#N)c3)c2N2c3cc(-n4c5ccccc5c5ccccc54)ccc3B3c4ccc(-n5c6ccccc6c6ccccc65)cc4N(c4c(-c5cccc(C#N)c5)cccc4-c4cccc(C(C)(C)C)c4)c4cc(C(C)(C)C)cc2c43)c1. The van der Waals surface area contributed by atoms with Gasteiger partial charge in [-0.25, -0.2) is 0 Å². The average Bonchev–Trinajstić information content (AvgIpc) is 1.12. The molecule has 17 rings (SSSR count). The van der Waals surface area contributed by atoms with E-state index in [1.165, 1.54) is 38.1 Å². The number of hydrogen-bond acceptors (Lipinski definition) is 4. The van der Waals surface area contributed by atoms with Gasteiger partial charge in [-0.3, -0.25) is 0 Å². The molecule has 0 radical (unpaired) electrons. The summed E-state index contributed by atoms with van der Waals surface area (Å²) in [4.78, 5) is 5.24. The van der Waals surface area contributed by atoms with Gasteiger partial charge in [-0.15, -0.1) is 0 Å². The Labute approximate surface area is 580 Å². The van der Waals surface area contributed by atoms with Crippen molar-refractivity contribution in [2.24, 2.45) is 0 Å². The highest BCUT2D eigenvalue weighted by atomic mass is 15.2. The van der Waals surface area contributed by atoms with Crippen LogP contribution in [0.3, 0.4) is 0 Å². The molecule has 0 spiro atoms. The standard InChI is InChI=1S/C92H73BN6/c1-90(2,3)64-30-20-28-62(50-64)71-38-22-36-69(60-26-18-24-58(48-60)56-94)88(71)98-83-54-67(96-79-40-14-10-32-73(79)74-33-11-15-41-80(74)96)44-46-77(83)93-78-47-45-68(97-81-42-16-12-34-75(81)76-35-13-17-43-82(76)97)55-84(78)99(86-53-66(92(7,8)9)52-85(98)87(86)93)89-70(61-27-19-25-59(49-61)57-95)37-23-39-72(89)63-29-21-31-65(51-63)91(4,5)6/h10-55H,1-9H3. The van der Waals surface area contributed by atoms with Crippen molar-refractivity contribution in [1.82, 2.24) is 9.13 Å². The van der Waals surface area contributed by atoms with Gasteiger partial charge < -0.3 is 18.9 Å². The quantitative estimate of drug-likeness (QED) is 0.142. The summed E-state index contributed by atoms with van der Waals surface area (Å²) in [6.45, 7) is 20.5. The second kappa shape index (κ2) is 22.9. The molecule has 15 aromatic rings. The van der Waals surface area contributed by atoms with E-state index in [-0.39, 0.29) is 23.0 Å². The molecule has 2 aliphatic rings. The number of nitrogens with zero attached hydrogens (tertiary/aromatic N) is 6. The van der Waals surface area contributed by atoms with Crippen molar-refractivity contribution in [3.8, 4) is 68.0 Å². The lowest BCUT2D eigenvalue weighted by Gasteiger charge is -2.46. The van der Waals surface area contributed by atoms with E-state index in [0.29, 0.717) is 11.1 Å². The highest BCUT2D eigenvalue weighted by molar-refractivity contribution is 7.00. The lowest BCUT2D eigenvalue weighted by atomic mass is 9.33. The summed E-state index contributed by atoms with van der Waals surface area (Å²) in [5.41, 5.74) is 28.7. The van der Waals surface area contributed by atoms with E-state index >= 15 is 0 Å². The fourth-order valence-electron chi connectivity index (χ4n) is 15.9. The van der Waals surface area contributed by atoms with Gasteiger partial charge in [0.15, 0.2) is 0 Å². The summed E-state index contributed by atoms with van der Waals surface area (Å²) in [6.07, 6.45) is 0. The monoisotopic (exact) mass is 1270 g/mol. The predicted octanol–water partition coefficient (Wildman–Crippen LogP) is 22.3. The molecule has 0 fully saturated rings. The third-order valence-electron chi connectivity index (χ3n) is 20.8. The molecule has 4 heterocycles. The largest absolute Gasteiger partial charge is 0.310 e. The first-order chi connectivity index (χ1) is 47.9. The van der Waals surface area contributed by atoms with E-state index in [1.807, 2.05) is 24.3 Å². The number of rotatable bonds is 8. The van der Waals surface area contributed by atoms with Crippen molar-refractivity contribution in [1.29, 1.82) is 10.5 Å². The van der Waals surface area contributed by atoms with E-state index in [1.54, 1.807) is 0 Å². The summed E-state index contributed by atoms with van der Waals surface area (Å²) in [7, 11) is 0. The number of nitriles is 2. The maximum absolute atomic E-state index is 10.7. The molecule has 0 unspecified atom stereocenters. The maximum atomic E-state index is 10.7. The zero-order valence-electron chi connectivity index (χ0n) is 57.3. The third kappa shape index (κ3) is 9.89. The third-order valence-corrected chi connectivity index (χ3v) is 20.8. The van der Waals surface area contributed by atoms with E-state index in [4.69, 9.17) is 0 Å². The van der Waals surface area contributed by atoms with Crippen LogP contribution in [0.5, 0.6) is 0 Å². The van der Waals surface area contributed by atoms with Gasteiger partial charge in [-0.05, 0) is 157 Å². The second-order valence-electron chi connectivity index (χ2n) is 30.0. The Bertz CT molecular complexity index is 5480. The smallest absolute Gasteiger partial charge is 0.252 e. The molecular weight excluding hydrogens is 1200 g/mol. The number of benzene rings is 13. The maximum Gasteiger partial charge on any atom is 0.252 e. The molecule has 7 heteroatoms. The Hall–Kier alpha value is -11.9. The van der Waals surface area contributed by atoms with Gasteiger partial charge in [0, 0.05) is 77.9 Å². The van der Waals surface area contributed by atoms with Crippen molar-refractivity contribution in [2.45, 2.75) is 78.6 Å². The molecule has 2 aliphatic heterocycles. The van der Waals surface area contributed by atoms with E-state index < -0.39 is 0 Å². The van der Waals surface area contributed by atoms with Crippen molar-refractivity contribution < 1.29 is 0 Å². The van der Waals surface area contributed by atoms with Gasteiger partial charge in [-0.2, -0.15) is 10.5 Å². The van der Waals surface area contributed by atoms with Crippen LogP contribution in [0.4, 0.5) is 34.1 Å². The Kier molecular flexibility index (Phi) is 14.0. The minimum Gasteiger partial charge on any atom is -0.310 e. The van der Waals surface area contributed by atoms with Gasteiger partial charge >= 0.3 is 0 Å². The van der Waals surface area contributed by atoms with Crippen LogP contribution in [0, 0.1) is 22.7 Å². The van der Waals surface area contributed by atoms with Crippen LogP contribution in [0.15, 0.2) is 279 Å². The Balaban J connectivity index is 1.06. The lowest BCUT2D eigenvalue weighted by molar-refractivity contribution is 0.590. The van der Waals surface area contributed by atoms with Gasteiger partial charge in [0.2, 0.25) is 0 Å². The lowest BCUT2D eigenvalue weighted by Crippen LogP contribution is -2.61. The minimum atomic E-state index is -0.385. The second-order valence-corrected chi connectivity index (χ2v) is 30.0. The van der Waals surface area contributed by atoms with E-state index in [2.05, 4.69) is 348 Å². The van der Waals surface area contributed by atoms with Gasteiger partial charge in [0.25, 0.3) is 6.71 Å². The van der Waals surface area contributed by atoms with Crippen LogP contribution in [0.2, 0.25) is 0 Å². The van der Waals surface area contributed by atoms with E-state index in [9.17, 15) is 10.5 Å². The number of anilines is 6. The molecule has 2 aromatic heterocycles. The molecule has 0 amide bonds. The van der Waals surface area contributed by atoms with Gasteiger partial charge in [-0.1, -0.05) is 256 Å². The summed E-state index contributed by atoms with van der Waals surface area (Å²) >= 11 is 0. The fourth-order valence-corrected chi connectivity index (χ4v) is 15.9. The summed E-state index contributed by atoms with van der Waals surface area (Å²) in [6, 6.07) is 108. The van der Waals surface area contributed by atoms with Gasteiger partial charge in [0.1, 0.15) is 0 Å². The first-order valence-corrected chi connectivity index (χ1v) is 34.5. The Morgan fingerprint density at radius 1 is 0.293 bits per heavy atom. The van der Waals surface area contributed by atoms with Crippen LogP contribution in [-0.2, 0) is 16.2 Å². The highest BCUT2D eigenvalue weighted by Gasteiger charge is 2.46. The zero-order chi connectivity index (χ0) is 67.8. The molecule has 0 saturated heterocycles. The Morgan fingerprint density at radius 3 is 0.960 bits per heavy atom. The first kappa shape index (κ1) is 60.7. The molecule has 0 atom stereocenters. The number of hydrogen-bond donors (Lipinski definition) is 0. The van der Waals surface area contributed by atoms with Crippen LogP contribution in [0.1, 0.15) is 90.1 Å². The molecule has 99 heavy (non-hydrogen) atoms. The van der Waals surface area contributed by atoms with Crippen molar-refractivity contribution in [3.05, 3.63) is 307 Å². The molecule has 0 bridgehead atoms. The molecule has 0 aliphatic carbocycles. The summed E-state index contributed by atoms with van der Waals surface area (Å²) in [5, 5.41) is 26.3. The molecule has 13 aromatic carbocycles. The molecule has 6 nitrogen and oxygen atoms in total. The predicted molar refractivity (Wildman–Crippen MR) is 416 cm³/mol. The highest BCUT2D eigenvalue weighted by Crippen LogP contribution is 2.55. The van der Waals surface area contributed by atoms with Crippen molar-refractivity contribution in [3.63, 3.8) is 0 Å². The number of aromatic nitrogens is 2. The minimum absolute atomic E-state index is 0.144. The van der Waals surface area contributed by atoms with E-state index in [0.717, 1.165) is 129 Å². The van der Waals surface area contributed by atoms with Crippen molar-refractivity contribution in [2.75, 3.05) is 9.80 Å². The first-order valence-electron chi connectivity index (χ1n) is 34.5. The molecule has 0 N–H and O–H groups in total. The van der Waals surface area contributed by atoms with Crippen LogP contribution in [0.25, 0.3) is 99.5 Å². The molecule has 0 saturated carbocycles. The van der Waals surface area contributed by atoms with Crippen LogP contribution < -0.4 is 26.2 Å². The Morgan fingerprint density at radius 2 is 0.616 bits per heavy atom. The molecular formula is C92H73BN6. The summed E-state index contributed by atoms with van der Waals surface area (Å²) in [5.74, 6) is 0. The topological polar surface area (TPSA) is 63.9 Å². The normalized spacial score (nSPS) is 12.8. The van der Waals surface area contributed by atoms with Crippen molar-refractivity contribution >= 4 is 101 Å². The average molecular weight is 1270 g/mol.